The lowest BCUT2D eigenvalue weighted by molar-refractivity contribution is -0.128. The van der Waals surface area contributed by atoms with E-state index in [1.807, 2.05) is 27.7 Å². The molecule has 3 heteroatoms. The topological polar surface area (TPSA) is 38.3 Å². The minimum atomic E-state index is -0.335. The van der Waals surface area contributed by atoms with Gasteiger partial charge in [-0.05, 0) is 19.8 Å². The summed E-state index contributed by atoms with van der Waals surface area (Å²) in [7, 11) is 1.68. The Hall–Kier alpha value is -0.570. The van der Waals surface area contributed by atoms with Gasteiger partial charge >= 0.3 is 0 Å². The van der Waals surface area contributed by atoms with Gasteiger partial charge in [0.15, 0.2) is 0 Å². The second-order valence-electron chi connectivity index (χ2n) is 5.19. The number of hydrogen-bond donors (Lipinski definition) is 1. The minimum Gasteiger partial charge on any atom is -0.377 e. The van der Waals surface area contributed by atoms with E-state index in [0.717, 1.165) is 0 Å². The van der Waals surface area contributed by atoms with Crippen molar-refractivity contribution in [2.75, 3.05) is 7.11 Å². The van der Waals surface area contributed by atoms with Gasteiger partial charge in [-0.1, -0.05) is 27.7 Å². The number of ether oxygens (including phenoxy) is 1. The highest BCUT2D eigenvalue weighted by atomic mass is 16.5. The Morgan fingerprint density at radius 3 is 1.93 bits per heavy atom. The van der Waals surface area contributed by atoms with E-state index in [9.17, 15) is 4.79 Å². The van der Waals surface area contributed by atoms with Crippen LogP contribution in [0.3, 0.4) is 0 Å². The maximum atomic E-state index is 11.7. The first kappa shape index (κ1) is 14.4. The number of rotatable bonds is 5. The molecule has 0 aliphatic carbocycles. The molecule has 0 radical (unpaired) electrons. The van der Waals surface area contributed by atoms with Gasteiger partial charge in [0.1, 0.15) is 0 Å². The van der Waals surface area contributed by atoms with E-state index in [2.05, 4.69) is 19.2 Å². The molecule has 0 saturated carbocycles. The largest absolute Gasteiger partial charge is 0.377 e. The first-order valence-electron chi connectivity index (χ1n) is 5.58. The Bertz CT molecular complexity index is 210. The highest BCUT2D eigenvalue weighted by molar-refractivity contribution is 5.78. The smallest absolute Gasteiger partial charge is 0.222 e. The minimum absolute atomic E-state index is 0.0129. The fourth-order valence-electron chi connectivity index (χ4n) is 1.59. The Labute approximate surface area is 93.6 Å². The lowest BCUT2D eigenvalue weighted by Crippen LogP contribution is -2.54. The monoisotopic (exact) mass is 215 g/mol. The van der Waals surface area contributed by atoms with E-state index >= 15 is 0 Å². The van der Waals surface area contributed by atoms with Crippen molar-refractivity contribution in [3.8, 4) is 0 Å². The van der Waals surface area contributed by atoms with Gasteiger partial charge in [0.25, 0.3) is 0 Å². The summed E-state index contributed by atoms with van der Waals surface area (Å²) in [5, 5.41) is 3.04. The van der Waals surface area contributed by atoms with Gasteiger partial charge in [-0.3, -0.25) is 4.79 Å². The van der Waals surface area contributed by atoms with E-state index in [0.29, 0.717) is 5.92 Å². The van der Waals surface area contributed by atoms with Crippen molar-refractivity contribution in [3.63, 3.8) is 0 Å². The number of amides is 1. The number of carbonyl (C=O) groups is 1. The van der Waals surface area contributed by atoms with E-state index in [1.165, 1.54) is 0 Å². The molecule has 0 fully saturated rings. The van der Waals surface area contributed by atoms with Crippen molar-refractivity contribution in [1.82, 2.24) is 5.32 Å². The van der Waals surface area contributed by atoms with Crippen LogP contribution in [0.25, 0.3) is 0 Å². The molecule has 90 valence electrons. The predicted octanol–water partition coefficient (Wildman–Crippen LogP) is 2.21. The van der Waals surface area contributed by atoms with E-state index in [1.54, 1.807) is 7.11 Å². The molecule has 1 atom stereocenters. The molecule has 0 aliphatic rings. The van der Waals surface area contributed by atoms with Crippen molar-refractivity contribution in [1.29, 1.82) is 0 Å². The van der Waals surface area contributed by atoms with Gasteiger partial charge in [-0.25, -0.2) is 0 Å². The lowest BCUT2D eigenvalue weighted by Gasteiger charge is -2.36. The van der Waals surface area contributed by atoms with Crippen LogP contribution in [0.1, 0.15) is 41.5 Å². The predicted molar refractivity (Wildman–Crippen MR) is 62.7 cm³/mol. The van der Waals surface area contributed by atoms with Crippen LogP contribution in [0.5, 0.6) is 0 Å². The van der Waals surface area contributed by atoms with Gasteiger partial charge in [0.05, 0.1) is 11.6 Å². The van der Waals surface area contributed by atoms with Crippen LogP contribution >= 0.6 is 0 Å². The Morgan fingerprint density at radius 1 is 1.20 bits per heavy atom. The summed E-state index contributed by atoms with van der Waals surface area (Å²) in [5.41, 5.74) is -0.335. The molecule has 0 unspecified atom stereocenters. The summed E-state index contributed by atoms with van der Waals surface area (Å²) < 4.78 is 5.43. The molecule has 0 aromatic carbocycles. The van der Waals surface area contributed by atoms with Gasteiger partial charge in [-0.15, -0.1) is 0 Å². The van der Waals surface area contributed by atoms with Crippen molar-refractivity contribution >= 4 is 5.91 Å². The Kier molecular flexibility index (Phi) is 5.29. The van der Waals surface area contributed by atoms with Crippen LogP contribution in [0.15, 0.2) is 0 Å². The summed E-state index contributed by atoms with van der Waals surface area (Å²) in [6.45, 7) is 12.0. The molecule has 0 heterocycles. The summed E-state index contributed by atoms with van der Waals surface area (Å²) in [6, 6.07) is 0.0393. The van der Waals surface area contributed by atoms with Gasteiger partial charge in [0, 0.05) is 13.0 Å². The van der Waals surface area contributed by atoms with Crippen molar-refractivity contribution < 1.29 is 9.53 Å². The molecule has 0 aliphatic heterocycles. The van der Waals surface area contributed by atoms with Gasteiger partial charge in [0.2, 0.25) is 5.91 Å². The van der Waals surface area contributed by atoms with Crippen LogP contribution in [0, 0.1) is 11.8 Å². The zero-order valence-electron chi connectivity index (χ0n) is 11.0. The highest BCUT2D eigenvalue weighted by Gasteiger charge is 2.33. The van der Waals surface area contributed by atoms with E-state index in [-0.39, 0.29) is 23.5 Å². The molecule has 1 amide bonds. The van der Waals surface area contributed by atoms with Crippen LogP contribution < -0.4 is 5.32 Å². The normalized spacial score (nSPS) is 14.5. The summed E-state index contributed by atoms with van der Waals surface area (Å²) in [4.78, 5) is 11.7. The third-order valence-electron chi connectivity index (χ3n) is 2.76. The fourth-order valence-corrected chi connectivity index (χ4v) is 1.59. The van der Waals surface area contributed by atoms with Crippen LogP contribution in [0.2, 0.25) is 0 Å². The number of nitrogens with one attached hydrogen (secondary N) is 1. The number of hydrogen-bond acceptors (Lipinski definition) is 2. The number of carbonyl (C=O) groups excluding carboxylic acids is 1. The van der Waals surface area contributed by atoms with Gasteiger partial charge < -0.3 is 10.1 Å². The Morgan fingerprint density at radius 2 is 1.67 bits per heavy atom. The molecular formula is C12H25NO2. The van der Waals surface area contributed by atoms with Crippen LogP contribution in [-0.4, -0.2) is 24.7 Å². The molecule has 0 aromatic heterocycles. The second-order valence-corrected chi connectivity index (χ2v) is 5.19. The average molecular weight is 215 g/mol. The average Bonchev–Trinajstić information content (AvgIpc) is 2.12. The third kappa shape index (κ3) is 4.20. The zero-order chi connectivity index (χ0) is 12.2. The van der Waals surface area contributed by atoms with Crippen LogP contribution in [-0.2, 0) is 9.53 Å². The molecular weight excluding hydrogens is 190 g/mol. The molecule has 3 nitrogen and oxygen atoms in total. The summed E-state index contributed by atoms with van der Waals surface area (Å²) in [6.07, 6.45) is 0. The fraction of sp³-hybridized carbons (Fsp3) is 0.917. The van der Waals surface area contributed by atoms with Crippen molar-refractivity contribution in [2.45, 2.75) is 53.2 Å². The van der Waals surface area contributed by atoms with Crippen molar-refractivity contribution in [3.05, 3.63) is 0 Å². The first-order valence-corrected chi connectivity index (χ1v) is 5.58. The van der Waals surface area contributed by atoms with Crippen LogP contribution in [0.4, 0.5) is 0 Å². The van der Waals surface area contributed by atoms with Gasteiger partial charge in [-0.2, -0.15) is 0 Å². The SMILES string of the molecule is COC(C)(C)[C@H](NC(=O)C(C)C)C(C)C. The standard InChI is InChI=1S/C12H25NO2/c1-8(2)10(12(5,6)15-7)13-11(14)9(3)4/h8-10H,1-7H3,(H,13,14)/t10-/m1/s1. The molecule has 15 heavy (non-hydrogen) atoms. The molecule has 1 N–H and O–H groups in total. The van der Waals surface area contributed by atoms with E-state index < -0.39 is 0 Å². The Balaban J connectivity index is 4.63. The summed E-state index contributed by atoms with van der Waals surface area (Å²) in [5.74, 6) is 0.445. The third-order valence-corrected chi connectivity index (χ3v) is 2.76. The maximum Gasteiger partial charge on any atom is 0.222 e. The second kappa shape index (κ2) is 5.50. The summed E-state index contributed by atoms with van der Waals surface area (Å²) >= 11 is 0. The molecule has 0 saturated heterocycles. The maximum absolute atomic E-state index is 11.7. The molecule has 0 rings (SSSR count). The number of methoxy groups -OCH3 is 1. The zero-order valence-corrected chi connectivity index (χ0v) is 11.0. The quantitative estimate of drug-likeness (QED) is 0.763. The first-order chi connectivity index (χ1) is 6.72. The molecule has 0 aromatic rings. The highest BCUT2D eigenvalue weighted by Crippen LogP contribution is 2.20. The lowest BCUT2D eigenvalue weighted by atomic mass is 9.88. The van der Waals surface area contributed by atoms with E-state index in [4.69, 9.17) is 4.74 Å². The molecule has 0 spiro atoms. The molecule has 0 bridgehead atoms. The van der Waals surface area contributed by atoms with Crippen molar-refractivity contribution in [2.24, 2.45) is 11.8 Å².